The minimum atomic E-state index is 0. The van der Waals surface area contributed by atoms with Gasteiger partial charge in [0.15, 0.2) is 5.96 Å². The van der Waals surface area contributed by atoms with Gasteiger partial charge >= 0.3 is 0 Å². The lowest BCUT2D eigenvalue weighted by Gasteiger charge is -2.12. The second kappa shape index (κ2) is 15.8. The van der Waals surface area contributed by atoms with Crippen molar-refractivity contribution >= 4 is 41.7 Å². The minimum Gasteiger partial charge on any atom is -0.491 e. The molecule has 0 saturated carbocycles. The minimum absolute atomic E-state index is 0. The maximum atomic E-state index is 5.55. The van der Waals surface area contributed by atoms with Gasteiger partial charge in [0.05, 0.1) is 6.61 Å². The topological polar surface area (TPSA) is 54.9 Å². The predicted octanol–water partition coefficient (Wildman–Crippen LogP) is 3.14. The first-order chi connectivity index (χ1) is 11.3. The normalized spacial score (nSPS) is 10.9. The smallest absolute Gasteiger partial charge is 0.191 e. The molecular weight excluding hydrogens is 437 g/mol. The molecule has 0 aliphatic heterocycles. The van der Waals surface area contributed by atoms with E-state index < -0.39 is 0 Å². The molecule has 5 nitrogen and oxygen atoms in total. The van der Waals surface area contributed by atoms with Crippen LogP contribution in [-0.4, -0.2) is 51.9 Å². The first-order valence-electron chi connectivity index (χ1n) is 7.94. The van der Waals surface area contributed by atoms with Gasteiger partial charge in [-0.15, -0.1) is 24.0 Å². The Hall–Kier alpha value is -0.670. The summed E-state index contributed by atoms with van der Waals surface area (Å²) in [4.78, 5) is 4.24. The fourth-order valence-electron chi connectivity index (χ4n) is 1.93. The van der Waals surface area contributed by atoms with E-state index in [0.29, 0.717) is 13.2 Å². The third kappa shape index (κ3) is 11.0. The molecule has 0 radical (unpaired) electrons. The van der Waals surface area contributed by atoms with Crippen LogP contribution in [0.4, 0.5) is 0 Å². The number of ether oxygens (including phenoxy) is 2. The molecule has 0 saturated heterocycles. The number of guanidine groups is 1. The van der Waals surface area contributed by atoms with Crippen molar-refractivity contribution in [2.45, 2.75) is 19.4 Å². The lowest BCUT2D eigenvalue weighted by atomic mass is 10.2. The molecular formula is C17H30IN3O2S. The first kappa shape index (κ1) is 23.3. The van der Waals surface area contributed by atoms with E-state index in [2.05, 4.69) is 34.0 Å². The molecule has 1 rings (SSSR count). The fourth-order valence-corrected chi connectivity index (χ4v) is 2.42. The van der Waals surface area contributed by atoms with Crippen molar-refractivity contribution < 1.29 is 9.47 Å². The summed E-state index contributed by atoms with van der Waals surface area (Å²) in [6.07, 6.45) is 4.53. The highest BCUT2D eigenvalue weighted by molar-refractivity contribution is 14.0. The lowest BCUT2D eigenvalue weighted by Crippen LogP contribution is -2.37. The highest BCUT2D eigenvalue weighted by Crippen LogP contribution is 2.11. The third-order valence-corrected chi connectivity index (χ3v) is 3.93. The van der Waals surface area contributed by atoms with Crippen molar-refractivity contribution in [1.82, 2.24) is 10.6 Å². The Labute approximate surface area is 167 Å². The number of rotatable bonds is 11. The predicted molar refractivity (Wildman–Crippen MR) is 115 cm³/mol. The Balaban J connectivity index is 0.00000529. The van der Waals surface area contributed by atoms with Gasteiger partial charge in [0.1, 0.15) is 12.4 Å². The zero-order valence-corrected chi connectivity index (χ0v) is 18.0. The molecule has 1 aromatic carbocycles. The van der Waals surface area contributed by atoms with E-state index >= 15 is 0 Å². The maximum absolute atomic E-state index is 5.55. The summed E-state index contributed by atoms with van der Waals surface area (Å²) in [7, 11) is 3.46. The van der Waals surface area contributed by atoms with Gasteiger partial charge in [-0.3, -0.25) is 4.99 Å². The van der Waals surface area contributed by atoms with Crippen LogP contribution in [-0.2, 0) is 11.3 Å². The second-order valence-corrected chi connectivity index (χ2v) is 6.02. The number of methoxy groups -OCH3 is 1. The van der Waals surface area contributed by atoms with Gasteiger partial charge < -0.3 is 20.1 Å². The van der Waals surface area contributed by atoms with Gasteiger partial charge in [0.2, 0.25) is 0 Å². The summed E-state index contributed by atoms with van der Waals surface area (Å²) in [6.45, 7) is 2.86. The summed E-state index contributed by atoms with van der Waals surface area (Å²) in [5.41, 5.74) is 1.19. The van der Waals surface area contributed by atoms with Gasteiger partial charge in [0.25, 0.3) is 0 Å². The van der Waals surface area contributed by atoms with Crippen LogP contribution in [0, 0.1) is 0 Å². The quantitative estimate of drug-likeness (QED) is 0.227. The van der Waals surface area contributed by atoms with E-state index in [1.807, 2.05) is 23.9 Å². The highest BCUT2D eigenvalue weighted by atomic mass is 127. The number of hydrogen-bond acceptors (Lipinski definition) is 4. The van der Waals surface area contributed by atoms with Gasteiger partial charge in [-0.05, 0) is 42.5 Å². The fraction of sp³-hybridized carbons (Fsp3) is 0.588. The Kier molecular flexibility index (Phi) is 15.4. The lowest BCUT2D eigenvalue weighted by molar-refractivity contribution is 0.146. The summed E-state index contributed by atoms with van der Waals surface area (Å²) >= 11 is 1.89. The van der Waals surface area contributed by atoms with Crippen molar-refractivity contribution in [3.63, 3.8) is 0 Å². The molecule has 0 atom stereocenters. The van der Waals surface area contributed by atoms with Crippen molar-refractivity contribution in [2.75, 3.05) is 45.9 Å². The number of hydrogen-bond donors (Lipinski definition) is 2. The number of halogens is 1. The van der Waals surface area contributed by atoms with Crippen LogP contribution in [0.1, 0.15) is 18.4 Å². The summed E-state index contributed by atoms with van der Waals surface area (Å²) in [6, 6.07) is 8.07. The van der Waals surface area contributed by atoms with Gasteiger partial charge in [-0.25, -0.2) is 0 Å². The van der Waals surface area contributed by atoms with Crippen LogP contribution in [0.15, 0.2) is 29.3 Å². The molecule has 0 aliphatic carbocycles. The van der Waals surface area contributed by atoms with E-state index in [1.54, 1.807) is 14.2 Å². The van der Waals surface area contributed by atoms with E-state index in [1.165, 1.54) is 17.7 Å². The van der Waals surface area contributed by atoms with Crippen LogP contribution in [0.5, 0.6) is 5.75 Å². The molecule has 1 aromatic rings. The van der Waals surface area contributed by atoms with Crippen LogP contribution >= 0.6 is 35.7 Å². The van der Waals surface area contributed by atoms with Crippen LogP contribution < -0.4 is 15.4 Å². The summed E-state index contributed by atoms with van der Waals surface area (Å²) in [5.74, 6) is 2.92. The molecule has 0 heterocycles. The second-order valence-electron chi connectivity index (χ2n) is 5.04. The van der Waals surface area contributed by atoms with Crippen LogP contribution in [0.25, 0.3) is 0 Å². The number of nitrogens with zero attached hydrogens (tertiary/aromatic N) is 1. The number of nitrogens with one attached hydrogen (secondary N) is 2. The average molecular weight is 467 g/mol. The summed E-state index contributed by atoms with van der Waals surface area (Å²) in [5, 5.41) is 6.66. The van der Waals surface area contributed by atoms with Crippen molar-refractivity contribution in [2.24, 2.45) is 4.99 Å². The molecule has 2 N–H and O–H groups in total. The van der Waals surface area contributed by atoms with Crippen molar-refractivity contribution in [3.05, 3.63) is 29.8 Å². The number of thioether (sulfide) groups is 1. The van der Waals surface area contributed by atoms with Gasteiger partial charge in [0, 0.05) is 27.2 Å². The van der Waals surface area contributed by atoms with Gasteiger partial charge in [-0.1, -0.05) is 12.1 Å². The van der Waals surface area contributed by atoms with E-state index in [9.17, 15) is 0 Å². The Morgan fingerprint density at radius 3 is 2.50 bits per heavy atom. The number of aliphatic imine (C=N–C) groups is 1. The third-order valence-electron chi connectivity index (χ3n) is 3.23. The maximum Gasteiger partial charge on any atom is 0.191 e. The molecule has 0 unspecified atom stereocenters. The first-order valence-corrected chi connectivity index (χ1v) is 9.33. The molecule has 0 spiro atoms. The molecule has 0 amide bonds. The van der Waals surface area contributed by atoms with Gasteiger partial charge in [-0.2, -0.15) is 11.8 Å². The molecule has 0 fully saturated rings. The Morgan fingerprint density at radius 2 is 1.88 bits per heavy atom. The molecule has 7 heteroatoms. The molecule has 24 heavy (non-hydrogen) atoms. The number of unbranched alkanes of at least 4 members (excludes halogenated alkanes) is 1. The van der Waals surface area contributed by atoms with Crippen molar-refractivity contribution in [3.8, 4) is 5.75 Å². The van der Waals surface area contributed by atoms with E-state index in [4.69, 9.17) is 9.47 Å². The monoisotopic (exact) mass is 467 g/mol. The van der Waals surface area contributed by atoms with E-state index in [-0.39, 0.29) is 24.0 Å². The van der Waals surface area contributed by atoms with Crippen LogP contribution in [0.2, 0.25) is 0 Å². The zero-order chi connectivity index (χ0) is 16.8. The average Bonchev–Trinajstić information content (AvgIpc) is 2.59. The zero-order valence-electron chi connectivity index (χ0n) is 14.8. The van der Waals surface area contributed by atoms with Crippen molar-refractivity contribution in [1.29, 1.82) is 0 Å². The standard InChI is InChI=1S/C17H29N3O2S.HI/c1-18-17(19-10-4-5-13-23-3)20-14-15-6-8-16(9-7-15)22-12-11-21-2;/h6-9H,4-5,10-14H2,1-3H3,(H2,18,19,20);1H. The molecule has 0 aliphatic rings. The van der Waals surface area contributed by atoms with E-state index in [0.717, 1.165) is 31.2 Å². The SMILES string of the molecule is CN=C(NCCCCSC)NCc1ccc(OCCOC)cc1.I. The largest absolute Gasteiger partial charge is 0.491 e. The Bertz CT molecular complexity index is 444. The molecule has 0 bridgehead atoms. The molecule has 138 valence electrons. The highest BCUT2D eigenvalue weighted by Gasteiger charge is 1.99. The van der Waals surface area contributed by atoms with Crippen LogP contribution in [0.3, 0.4) is 0 Å². The Morgan fingerprint density at radius 1 is 1.12 bits per heavy atom. The molecule has 0 aromatic heterocycles. The number of benzene rings is 1. The summed E-state index contributed by atoms with van der Waals surface area (Å²) < 4.78 is 10.5.